The topological polar surface area (TPSA) is 165 Å². The summed E-state index contributed by atoms with van der Waals surface area (Å²) in [6.07, 6.45) is 2.49. The molecule has 5 rings (SSSR count). The third-order valence-corrected chi connectivity index (χ3v) is 7.86. The number of nitrogens with one attached hydrogen (secondary N) is 2. The van der Waals surface area contributed by atoms with Crippen molar-refractivity contribution in [2.75, 3.05) is 50.2 Å². The fourth-order valence-electron chi connectivity index (χ4n) is 5.42. The fraction of sp³-hybridized carbons (Fsp3) is 0.324. The predicted octanol–water partition coefficient (Wildman–Crippen LogP) is 2.25. The van der Waals surface area contributed by atoms with Crippen LogP contribution in [0.3, 0.4) is 0 Å². The van der Waals surface area contributed by atoms with E-state index < -0.39 is 11.8 Å². The van der Waals surface area contributed by atoms with Gasteiger partial charge in [0.2, 0.25) is 17.7 Å². The standard InChI is InChI=1S/C34H38N6O7/c1-4-46-19-21-9-22(11-24(10-21)39(2)33(43)18-38-32(42)17-37-31(41)15-35)20-47-30-14-27-26(13-29(30)45-3)34(44)40-25(16-36-27)12-23-7-5-6-8-28(23)40/h5-11,13-14,16,25H,4,12,15,17-20,35H2,1-3H3,(H,37,41)(H,38,42)/t25-/m0/s1. The van der Waals surface area contributed by atoms with Crippen molar-refractivity contribution in [2.45, 2.75) is 32.6 Å². The number of hydrogen-bond acceptors (Lipinski definition) is 9. The molecule has 1 atom stereocenters. The monoisotopic (exact) mass is 642 g/mol. The van der Waals surface area contributed by atoms with Gasteiger partial charge in [0.05, 0.1) is 50.6 Å². The molecule has 246 valence electrons. The van der Waals surface area contributed by atoms with Crippen LogP contribution in [0.1, 0.15) is 34.0 Å². The molecule has 2 heterocycles. The molecule has 2 aliphatic rings. The highest BCUT2D eigenvalue weighted by Crippen LogP contribution is 2.41. The van der Waals surface area contributed by atoms with Crippen LogP contribution in [-0.2, 0) is 38.8 Å². The van der Waals surface area contributed by atoms with Crippen LogP contribution in [0.2, 0.25) is 0 Å². The van der Waals surface area contributed by atoms with Crippen molar-refractivity contribution >= 4 is 46.9 Å². The molecule has 13 nitrogen and oxygen atoms in total. The Morgan fingerprint density at radius 1 is 1.00 bits per heavy atom. The summed E-state index contributed by atoms with van der Waals surface area (Å²) in [6, 6.07) is 16.6. The van der Waals surface area contributed by atoms with Gasteiger partial charge in [0, 0.05) is 43.7 Å². The molecule has 0 bridgehead atoms. The van der Waals surface area contributed by atoms with E-state index in [9.17, 15) is 19.2 Å². The molecule has 47 heavy (non-hydrogen) atoms. The molecule has 0 radical (unpaired) electrons. The highest BCUT2D eigenvalue weighted by molar-refractivity contribution is 6.14. The van der Waals surface area contributed by atoms with E-state index in [2.05, 4.69) is 15.6 Å². The van der Waals surface area contributed by atoms with Gasteiger partial charge in [0.15, 0.2) is 11.5 Å². The molecule has 0 spiro atoms. The number of benzene rings is 3. The van der Waals surface area contributed by atoms with Gasteiger partial charge in [-0.2, -0.15) is 0 Å². The molecular weight excluding hydrogens is 604 g/mol. The molecule has 3 aromatic carbocycles. The van der Waals surface area contributed by atoms with Crippen LogP contribution in [0.5, 0.6) is 11.5 Å². The molecule has 0 aromatic heterocycles. The summed E-state index contributed by atoms with van der Waals surface area (Å²) in [7, 11) is 3.11. The minimum absolute atomic E-state index is 0.113. The van der Waals surface area contributed by atoms with Crippen molar-refractivity contribution in [1.29, 1.82) is 0 Å². The maximum atomic E-state index is 13.7. The number of likely N-dealkylation sites (N-methyl/N-ethyl adjacent to an activating group) is 1. The van der Waals surface area contributed by atoms with Crippen LogP contribution in [0.25, 0.3) is 0 Å². The first-order chi connectivity index (χ1) is 22.7. The first-order valence-corrected chi connectivity index (χ1v) is 15.2. The molecule has 0 saturated carbocycles. The Morgan fingerprint density at radius 2 is 1.74 bits per heavy atom. The highest BCUT2D eigenvalue weighted by Gasteiger charge is 2.36. The van der Waals surface area contributed by atoms with E-state index in [4.69, 9.17) is 19.9 Å². The Labute approximate surface area is 272 Å². The number of para-hydroxylation sites is 1. The molecule has 2 aliphatic heterocycles. The molecule has 4 amide bonds. The van der Waals surface area contributed by atoms with Gasteiger partial charge in [0.25, 0.3) is 5.91 Å². The third kappa shape index (κ3) is 7.59. The van der Waals surface area contributed by atoms with E-state index in [1.165, 1.54) is 12.0 Å². The third-order valence-electron chi connectivity index (χ3n) is 7.86. The lowest BCUT2D eigenvalue weighted by atomic mass is 10.1. The van der Waals surface area contributed by atoms with Crippen LogP contribution in [0, 0.1) is 0 Å². The Bertz CT molecular complexity index is 1710. The van der Waals surface area contributed by atoms with E-state index in [-0.39, 0.29) is 44.1 Å². The van der Waals surface area contributed by atoms with Crippen molar-refractivity contribution in [3.05, 3.63) is 76.9 Å². The maximum absolute atomic E-state index is 13.7. The number of fused-ring (bicyclic) bond motifs is 4. The molecule has 0 fully saturated rings. The largest absolute Gasteiger partial charge is 0.493 e. The summed E-state index contributed by atoms with van der Waals surface area (Å²) in [6.45, 7) is 2.04. The molecular formula is C34H38N6O7. The summed E-state index contributed by atoms with van der Waals surface area (Å²) in [5, 5.41) is 4.86. The average Bonchev–Trinajstić information content (AvgIpc) is 3.41. The van der Waals surface area contributed by atoms with E-state index in [0.29, 0.717) is 48.1 Å². The van der Waals surface area contributed by atoms with Gasteiger partial charge < -0.3 is 35.5 Å². The number of anilines is 2. The van der Waals surface area contributed by atoms with Crippen molar-refractivity contribution in [2.24, 2.45) is 10.7 Å². The second-order valence-electron chi connectivity index (χ2n) is 11.0. The van der Waals surface area contributed by atoms with Gasteiger partial charge in [-0.3, -0.25) is 29.1 Å². The van der Waals surface area contributed by atoms with E-state index in [0.717, 1.165) is 22.4 Å². The number of hydrogen-bond donors (Lipinski definition) is 3. The van der Waals surface area contributed by atoms with Crippen LogP contribution >= 0.6 is 0 Å². The number of rotatable bonds is 13. The summed E-state index contributed by atoms with van der Waals surface area (Å²) in [5.74, 6) is -0.727. The molecule has 13 heteroatoms. The van der Waals surface area contributed by atoms with E-state index in [1.54, 1.807) is 36.4 Å². The second kappa shape index (κ2) is 14.9. The second-order valence-corrected chi connectivity index (χ2v) is 11.0. The first-order valence-electron chi connectivity index (χ1n) is 15.2. The fourth-order valence-corrected chi connectivity index (χ4v) is 5.42. The van der Waals surface area contributed by atoms with Crippen LogP contribution in [0.15, 0.2) is 59.6 Å². The normalized spacial score (nSPS) is 14.4. The average molecular weight is 643 g/mol. The summed E-state index contributed by atoms with van der Waals surface area (Å²) in [4.78, 5) is 57.9. The van der Waals surface area contributed by atoms with E-state index >= 15 is 0 Å². The molecule has 0 saturated heterocycles. The predicted molar refractivity (Wildman–Crippen MR) is 176 cm³/mol. The zero-order chi connectivity index (χ0) is 33.5. The minimum Gasteiger partial charge on any atom is -0.493 e. The smallest absolute Gasteiger partial charge is 0.261 e. The molecule has 3 aromatic rings. The van der Waals surface area contributed by atoms with Crippen molar-refractivity contribution in [3.63, 3.8) is 0 Å². The van der Waals surface area contributed by atoms with Gasteiger partial charge in [-0.1, -0.05) is 18.2 Å². The zero-order valence-electron chi connectivity index (χ0n) is 26.6. The number of methoxy groups -OCH3 is 1. The zero-order valence-corrected chi connectivity index (χ0v) is 26.6. The van der Waals surface area contributed by atoms with Gasteiger partial charge in [-0.25, -0.2) is 0 Å². The Kier molecular flexibility index (Phi) is 10.5. The van der Waals surface area contributed by atoms with Crippen LogP contribution in [-0.4, -0.2) is 76.3 Å². The van der Waals surface area contributed by atoms with Crippen molar-refractivity contribution < 1.29 is 33.4 Å². The maximum Gasteiger partial charge on any atom is 0.261 e. The number of nitrogens with two attached hydrogens (primary N) is 1. The van der Waals surface area contributed by atoms with Crippen molar-refractivity contribution in [3.8, 4) is 11.5 Å². The van der Waals surface area contributed by atoms with Gasteiger partial charge in [-0.05, 0) is 53.9 Å². The summed E-state index contributed by atoms with van der Waals surface area (Å²) >= 11 is 0. The van der Waals surface area contributed by atoms with Gasteiger partial charge in [0.1, 0.15) is 6.61 Å². The molecule has 4 N–H and O–H groups in total. The number of amides is 4. The number of aliphatic imine (C=N–C) groups is 1. The highest BCUT2D eigenvalue weighted by atomic mass is 16.5. The lowest BCUT2D eigenvalue weighted by Crippen LogP contribution is -2.43. The Morgan fingerprint density at radius 3 is 2.49 bits per heavy atom. The lowest BCUT2D eigenvalue weighted by molar-refractivity contribution is -0.126. The van der Waals surface area contributed by atoms with Gasteiger partial charge in [-0.15, -0.1) is 0 Å². The van der Waals surface area contributed by atoms with Gasteiger partial charge >= 0.3 is 0 Å². The number of carbonyl (C=O) groups is 4. The molecule has 0 unspecified atom stereocenters. The van der Waals surface area contributed by atoms with Crippen LogP contribution < -0.4 is 35.6 Å². The lowest BCUT2D eigenvalue weighted by Gasteiger charge is -2.22. The SMILES string of the molecule is CCOCc1cc(COc2cc3c(cc2OC)C(=O)N2c4ccccc4C[C@H]2C=N3)cc(N(C)C(=O)CNC(=O)CNC(=O)CN)c1. The quantitative estimate of drug-likeness (QED) is 0.256. The Balaban J connectivity index is 1.32. The summed E-state index contributed by atoms with van der Waals surface area (Å²) in [5.41, 5.74) is 10.3. The van der Waals surface area contributed by atoms with E-state index in [1.807, 2.05) is 43.3 Å². The number of carbonyl (C=O) groups excluding carboxylic acids is 4. The number of ether oxygens (including phenoxy) is 3. The first kappa shape index (κ1) is 33.1. The molecule has 0 aliphatic carbocycles. The summed E-state index contributed by atoms with van der Waals surface area (Å²) < 4.78 is 17.5. The number of nitrogens with zero attached hydrogens (tertiary/aromatic N) is 3. The minimum atomic E-state index is -0.515. The Hall–Kier alpha value is -5.27. The van der Waals surface area contributed by atoms with Crippen LogP contribution in [0.4, 0.5) is 17.1 Å². The van der Waals surface area contributed by atoms with Crippen molar-refractivity contribution in [1.82, 2.24) is 10.6 Å².